The van der Waals surface area contributed by atoms with Gasteiger partial charge in [0.15, 0.2) is 6.10 Å². The van der Waals surface area contributed by atoms with E-state index in [1.807, 2.05) is 31.1 Å². The molecule has 8 heteroatoms. The minimum absolute atomic E-state index is 0.272. The lowest BCUT2D eigenvalue weighted by molar-refractivity contribution is -0.150. The van der Waals surface area contributed by atoms with Crippen molar-refractivity contribution in [1.29, 1.82) is 5.26 Å². The van der Waals surface area contributed by atoms with Gasteiger partial charge in [-0.15, -0.1) is 0 Å². The summed E-state index contributed by atoms with van der Waals surface area (Å²) in [6, 6.07) is 7.81. The lowest BCUT2D eigenvalue weighted by atomic mass is 10.1. The number of primary amides is 1. The van der Waals surface area contributed by atoms with Gasteiger partial charge >= 0.3 is 12.0 Å². The summed E-state index contributed by atoms with van der Waals surface area (Å²) in [5.74, 6) is -1.84. The van der Waals surface area contributed by atoms with Crippen LogP contribution in [0.15, 0.2) is 29.8 Å². The molecule has 3 amide bonds. The van der Waals surface area contributed by atoms with Crippen LogP contribution in [0.25, 0.3) is 6.08 Å². The number of amides is 3. The van der Waals surface area contributed by atoms with E-state index in [-0.39, 0.29) is 5.57 Å². The van der Waals surface area contributed by atoms with Gasteiger partial charge in [-0.25, -0.2) is 9.59 Å². The number of nitriles is 1. The summed E-state index contributed by atoms with van der Waals surface area (Å²) in [4.78, 5) is 35.9. The molecule has 0 aliphatic heterocycles. The average Bonchev–Trinajstić information content (AvgIpc) is 2.52. The number of hydrogen-bond donors (Lipinski definition) is 2. The maximum atomic E-state index is 11.9. The average molecular weight is 330 g/mol. The van der Waals surface area contributed by atoms with Crippen LogP contribution in [0.3, 0.4) is 0 Å². The second-order valence-electron chi connectivity index (χ2n) is 5.06. The van der Waals surface area contributed by atoms with E-state index in [1.165, 1.54) is 13.0 Å². The van der Waals surface area contributed by atoms with Crippen molar-refractivity contribution < 1.29 is 19.1 Å². The van der Waals surface area contributed by atoms with Gasteiger partial charge in [0.25, 0.3) is 5.91 Å². The van der Waals surface area contributed by atoms with E-state index in [0.29, 0.717) is 5.56 Å². The van der Waals surface area contributed by atoms with E-state index >= 15 is 0 Å². The lowest BCUT2D eigenvalue weighted by Gasteiger charge is -2.12. The van der Waals surface area contributed by atoms with Gasteiger partial charge in [0, 0.05) is 19.8 Å². The highest BCUT2D eigenvalue weighted by molar-refractivity contribution is 6.01. The number of carbonyl (C=O) groups excluding carboxylic acids is 3. The minimum atomic E-state index is -1.27. The number of hydrogen-bond acceptors (Lipinski definition) is 6. The summed E-state index contributed by atoms with van der Waals surface area (Å²) >= 11 is 0. The zero-order valence-electron chi connectivity index (χ0n) is 13.6. The number of benzene rings is 1. The number of nitrogens with one attached hydrogen (secondary N) is 1. The SMILES string of the molecule is C[C@@H](OC(=O)/C(C#N)=C\c1ccc(N(C)C)cc1)C(=O)NC(N)=O. The Morgan fingerprint density at radius 3 is 2.33 bits per heavy atom. The van der Waals surface area contributed by atoms with Crippen LogP contribution in [0.5, 0.6) is 0 Å². The summed E-state index contributed by atoms with van der Waals surface area (Å²) in [6.45, 7) is 1.26. The molecule has 0 spiro atoms. The molecule has 0 saturated carbocycles. The molecule has 0 radical (unpaired) electrons. The molecule has 0 bridgehead atoms. The van der Waals surface area contributed by atoms with Crippen molar-refractivity contribution in [1.82, 2.24) is 5.32 Å². The topological polar surface area (TPSA) is 126 Å². The second kappa shape index (κ2) is 8.33. The van der Waals surface area contributed by atoms with E-state index < -0.39 is 24.0 Å². The Bertz CT molecular complexity index is 702. The van der Waals surface area contributed by atoms with E-state index in [9.17, 15) is 14.4 Å². The molecular weight excluding hydrogens is 312 g/mol. The molecule has 0 aliphatic carbocycles. The second-order valence-corrected chi connectivity index (χ2v) is 5.06. The van der Waals surface area contributed by atoms with Crippen molar-refractivity contribution in [3.63, 3.8) is 0 Å². The molecule has 3 N–H and O–H groups in total. The van der Waals surface area contributed by atoms with Crippen molar-refractivity contribution in [2.45, 2.75) is 13.0 Å². The van der Waals surface area contributed by atoms with Crippen LogP contribution < -0.4 is 16.0 Å². The van der Waals surface area contributed by atoms with Gasteiger partial charge in [-0.3, -0.25) is 10.1 Å². The first-order valence-electron chi connectivity index (χ1n) is 6.95. The zero-order chi connectivity index (χ0) is 18.3. The number of nitrogens with two attached hydrogens (primary N) is 1. The van der Waals surface area contributed by atoms with Gasteiger partial charge in [-0.1, -0.05) is 12.1 Å². The van der Waals surface area contributed by atoms with E-state index in [0.717, 1.165) is 5.69 Å². The van der Waals surface area contributed by atoms with Gasteiger partial charge < -0.3 is 15.4 Å². The Labute approximate surface area is 139 Å². The minimum Gasteiger partial charge on any atom is -0.448 e. The molecule has 8 nitrogen and oxygen atoms in total. The molecule has 126 valence electrons. The van der Waals surface area contributed by atoms with Crippen molar-refractivity contribution in [3.05, 3.63) is 35.4 Å². The third kappa shape index (κ3) is 5.46. The third-order valence-corrected chi connectivity index (χ3v) is 2.96. The predicted octanol–water partition coefficient (Wildman–Crippen LogP) is 0.786. The van der Waals surface area contributed by atoms with Crippen molar-refractivity contribution in [3.8, 4) is 6.07 Å². The summed E-state index contributed by atoms with van der Waals surface area (Å²) < 4.78 is 4.84. The summed E-state index contributed by atoms with van der Waals surface area (Å²) in [5.41, 5.74) is 6.12. The van der Waals surface area contributed by atoms with Gasteiger partial charge in [0.1, 0.15) is 11.6 Å². The van der Waals surface area contributed by atoms with Crippen LogP contribution in [-0.4, -0.2) is 38.1 Å². The molecule has 1 rings (SSSR count). The quantitative estimate of drug-likeness (QED) is 0.467. The number of imide groups is 1. The Kier molecular flexibility index (Phi) is 6.50. The normalized spacial score (nSPS) is 11.8. The lowest BCUT2D eigenvalue weighted by Crippen LogP contribution is -2.42. The Hall–Kier alpha value is -3.34. The molecule has 1 atom stereocenters. The fourth-order valence-corrected chi connectivity index (χ4v) is 1.67. The first-order valence-corrected chi connectivity index (χ1v) is 6.95. The number of esters is 1. The Morgan fingerprint density at radius 1 is 1.29 bits per heavy atom. The number of urea groups is 1. The van der Waals surface area contributed by atoms with Gasteiger partial charge in [0.05, 0.1) is 0 Å². The Balaban J connectivity index is 2.84. The molecular formula is C16H18N4O4. The number of anilines is 1. The van der Waals surface area contributed by atoms with E-state index in [2.05, 4.69) is 0 Å². The largest absolute Gasteiger partial charge is 0.448 e. The standard InChI is InChI=1S/C16H18N4O4/c1-10(14(21)19-16(18)23)24-15(22)12(9-17)8-11-4-6-13(7-5-11)20(2)3/h4-8,10H,1-3H3,(H3,18,19,21,23)/b12-8-/t10-/m1/s1. The number of nitrogens with zero attached hydrogens (tertiary/aromatic N) is 2. The van der Waals surface area contributed by atoms with Crippen molar-refractivity contribution >= 4 is 29.7 Å². The van der Waals surface area contributed by atoms with Crippen LogP contribution in [-0.2, 0) is 14.3 Å². The predicted molar refractivity (Wildman–Crippen MR) is 87.6 cm³/mol. The van der Waals surface area contributed by atoms with Crippen molar-refractivity contribution in [2.24, 2.45) is 5.73 Å². The molecule has 24 heavy (non-hydrogen) atoms. The first-order chi connectivity index (χ1) is 11.2. The first kappa shape index (κ1) is 18.7. The highest BCUT2D eigenvalue weighted by atomic mass is 16.5. The smallest absolute Gasteiger partial charge is 0.349 e. The molecule has 0 aliphatic rings. The van der Waals surface area contributed by atoms with Crippen LogP contribution in [0, 0.1) is 11.3 Å². The van der Waals surface area contributed by atoms with Gasteiger partial charge in [-0.2, -0.15) is 5.26 Å². The van der Waals surface area contributed by atoms with Crippen molar-refractivity contribution in [2.75, 3.05) is 19.0 Å². The summed E-state index contributed by atoms with van der Waals surface area (Å²) in [5, 5.41) is 10.9. The fraction of sp³-hybridized carbons (Fsp3) is 0.250. The summed E-state index contributed by atoms with van der Waals surface area (Å²) in [7, 11) is 3.78. The summed E-state index contributed by atoms with van der Waals surface area (Å²) in [6.07, 6.45) is 0.0818. The Morgan fingerprint density at radius 2 is 1.88 bits per heavy atom. The maximum absolute atomic E-state index is 11.9. The van der Waals surface area contributed by atoms with Crippen LogP contribution >= 0.6 is 0 Å². The van der Waals surface area contributed by atoms with Crippen LogP contribution in [0.1, 0.15) is 12.5 Å². The highest BCUT2D eigenvalue weighted by Gasteiger charge is 2.21. The van der Waals surface area contributed by atoms with E-state index in [1.54, 1.807) is 23.5 Å². The highest BCUT2D eigenvalue weighted by Crippen LogP contribution is 2.15. The molecule has 0 fully saturated rings. The van der Waals surface area contributed by atoms with Gasteiger partial charge in [0.2, 0.25) is 0 Å². The van der Waals surface area contributed by atoms with Gasteiger partial charge in [-0.05, 0) is 30.7 Å². The van der Waals surface area contributed by atoms with E-state index in [4.69, 9.17) is 15.7 Å². The zero-order valence-corrected chi connectivity index (χ0v) is 13.6. The fourth-order valence-electron chi connectivity index (χ4n) is 1.67. The van der Waals surface area contributed by atoms with Crippen LogP contribution in [0.4, 0.5) is 10.5 Å². The molecule has 0 heterocycles. The number of carbonyl (C=O) groups is 3. The molecule has 0 saturated heterocycles. The monoisotopic (exact) mass is 330 g/mol. The molecule has 0 unspecified atom stereocenters. The molecule has 1 aromatic rings. The third-order valence-electron chi connectivity index (χ3n) is 2.96. The maximum Gasteiger partial charge on any atom is 0.349 e. The molecule has 1 aromatic carbocycles. The number of rotatable bonds is 5. The number of ether oxygens (including phenoxy) is 1. The van der Waals surface area contributed by atoms with Crippen LogP contribution in [0.2, 0.25) is 0 Å². The molecule has 0 aromatic heterocycles.